The van der Waals surface area contributed by atoms with Crippen molar-refractivity contribution in [1.29, 1.82) is 0 Å². The van der Waals surface area contributed by atoms with Gasteiger partial charge in [0.1, 0.15) is 12.0 Å². The van der Waals surface area contributed by atoms with Gasteiger partial charge in [-0.3, -0.25) is 9.59 Å². The molecule has 1 amide bonds. The molecule has 0 atom stereocenters. The quantitative estimate of drug-likeness (QED) is 0.544. The van der Waals surface area contributed by atoms with Gasteiger partial charge in [0, 0.05) is 12.1 Å². The molecule has 0 spiro atoms. The van der Waals surface area contributed by atoms with Crippen LogP contribution in [-0.4, -0.2) is 30.4 Å². The SMILES string of the molecule is CC.NCCCNC(=O)c1cc(C=O)ccc1O. The zero-order chi connectivity index (χ0) is 14.0. The molecule has 1 rings (SSSR count). The second kappa shape index (κ2) is 9.18. The lowest BCUT2D eigenvalue weighted by molar-refractivity contribution is 0.0951. The number of phenolic OH excluding ortho intramolecular Hbond substituents is 1. The molecule has 0 aromatic heterocycles. The minimum Gasteiger partial charge on any atom is -0.507 e. The summed E-state index contributed by atoms with van der Waals surface area (Å²) in [5.41, 5.74) is 5.73. The van der Waals surface area contributed by atoms with Crippen molar-refractivity contribution in [3.05, 3.63) is 29.3 Å². The second-order valence-corrected chi connectivity index (χ2v) is 3.29. The van der Waals surface area contributed by atoms with Crippen LogP contribution in [0.5, 0.6) is 5.75 Å². The molecule has 0 bridgehead atoms. The van der Waals surface area contributed by atoms with Crippen LogP contribution in [-0.2, 0) is 0 Å². The summed E-state index contributed by atoms with van der Waals surface area (Å²) in [6.45, 7) is 4.93. The van der Waals surface area contributed by atoms with Gasteiger partial charge in [0.25, 0.3) is 5.91 Å². The monoisotopic (exact) mass is 252 g/mol. The standard InChI is InChI=1S/C11H14N2O3.C2H6/c12-4-1-5-13-11(16)9-6-8(7-14)2-3-10(9)15;1-2/h2-3,6-7,15H,1,4-5,12H2,(H,13,16);1-2H3. The molecule has 5 heteroatoms. The molecule has 5 nitrogen and oxygen atoms in total. The van der Waals surface area contributed by atoms with Crippen LogP contribution < -0.4 is 11.1 Å². The number of carbonyl (C=O) groups excluding carboxylic acids is 2. The van der Waals surface area contributed by atoms with Gasteiger partial charge in [-0.15, -0.1) is 0 Å². The van der Waals surface area contributed by atoms with E-state index in [0.29, 0.717) is 31.4 Å². The van der Waals surface area contributed by atoms with Crippen LogP contribution in [0.15, 0.2) is 18.2 Å². The Kier molecular flexibility index (Phi) is 8.22. The minimum absolute atomic E-state index is 0.0987. The molecule has 0 aliphatic rings. The van der Waals surface area contributed by atoms with Crippen LogP contribution in [0.1, 0.15) is 41.0 Å². The number of benzene rings is 1. The number of rotatable bonds is 5. The number of aldehydes is 1. The Hall–Kier alpha value is -1.88. The third-order valence-corrected chi connectivity index (χ3v) is 2.07. The molecule has 0 heterocycles. The van der Waals surface area contributed by atoms with Crippen LogP contribution in [0, 0.1) is 0 Å². The number of carbonyl (C=O) groups is 2. The lowest BCUT2D eigenvalue weighted by Crippen LogP contribution is -2.26. The third kappa shape index (κ3) is 4.97. The number of aromatic hydroxyl groups is 1. The summed E-state index contributed by atoms with van der Waals surface area (Å²) >= 11 is 0. The molecule has 0 aliphatic heterocycles. The van der Waals surface area contributed by atoms with Gasteiger partial charge in [-0.1, -0.05) is 13.8 Å². The molecule has 0 aliphatic carbocycles. The molecule has 0 radical (unpaired) electrons. The summed E-state index contributed by atoms with van der Waals surface area (Å²) in [4.78, 5) is 22.1. The van der Waals surface area contributed by atoms with Gasteiger partial charge in [-0.25, -0.2) is 0 Å². The first-order valence-corrected chi connectivity index (χ1v) is 5.95. The fourth-order valence-corrected chi connectivity index (χ4v) is 1.21. The van der Waals surface area contributed by atoms with Crippen molar-refractivity contribution >= 4 is 12.2 Å². The summed E-state index contributed by atoms with van der Waals surface area (Å²) in [5, 5.41) is 12.1. The van der Waals surface area contributed by atoms with Gasteiger partial charge in [0.15, 0.2) is 0 Å². The number of nitrogens with one attached hydrogen (secondary N) is 1. The predicted molar refractivity (Wildman–Crippen MR) is 70.8 cm³/mol. The normalized spacial score (nSPS) is 9.06. The molecular weight excluding hydrogens is 232 g/mol. The molecule has 18 heavy (non-hydrogen) atoms. The third-order valence-electron chi connectivity index (χ3n) is 2.07. The highest BCUT2D eigenvalue weighted by Gasteiger charge is 2.10. The molecule has 100 valence electrons. The number of hydrogen-bond donors (Lipinski definition) is 3. The first-order chi connectivity index (χ1) is 8.69. The number of hydrogen-bond acceptors (Lipinski definition) is 4. The highest BCUT2D eigenvalue weighted by Crippen LogP contribution is 2.17. The van der Waals surface area contributed by atoms with Crippen LogP contribution in [0.3, 0.4) is 0 Å². The number of amides is 1. The van der Waals surface area contributed by atoms with Crippen molar-refractivity contribution in [2.45, 2.75) is 20.3 Å². The molecule has 0 fully saturated rings. The molecule has 4 N–H and O–H groups in total. The Balaban J connectivity index is 0.00000137. The smallest absolute Gasteiger partial charge is 0.255 e. The Morgan fingerprint density at radius 1 is 1.44 bits per heavy atom. The zero-order valence-electron chi connectivity index (χ0n) is 10.8. The van der Waals surface area contributed by atoms with Crippen molar-refractivity contribution in [3.63, 3.8) is 0 Å². The average molecular weight is 252 g/mol. The van der Waals surface area contributed by atoms with E-state index < -0.39 is 5.91 Å². The van der Waals surface area contributed by atoms with E-state index in [4.69, 9.17) is 5.73 Å². The summed E-state index contributed by atoms with van der Waals surface area (Å²) in [7, 11) is 0. The average Bonchev–Trinajstić information content (AvgIpc) is 2.41. The predicted octanol–water partition coefficient (Wildman–Crippen LogP) is 1.31. The molecule has 0 saturated carbocycles. The van der Waals surface area contributed by atoms with Gasteiger partial charge < -0.3 is 16.2 Å². The van der Waals surface area contributed by atoms with Gasteiger partial charge in [0.05, 0.1) is 5.56 Å². The fourth-order valence-electron chi connectivity index (χ4n) is 1.21. The van der Waals surface area contributed by atoms with E-state index in [-0.39, 0.29) is 11.3 Å². The molecule has 0 unspecified atom stereocenters. The largest absolute Gasteiger partial charge is 0.507 e. The van der Waals surface area contributed by atoms with Gasteiger partial charge in [0.2, 0.25) is 0 Å². The maximum absolute atomic E-state index is 11.6. The highest BCUT2D eigenvalue weighted by atomic mass is 16.3. The Labute approximate surface area is 107 Å². The van der Waals surface area contributed by atoms with Crippen molar-refractivity contribution in [2.75, 3.05) is 13.1 Å². The number of phenols is 1. The van der Waals surface area contributed by atoms with E-state index in [1.54, 1.807) is 0 Å². The van der Waals surface area contributed by atoms with E-state index in [2.05, 4.69) is 5.32 Å². The zero-order valence-corrected chi connectivity index (χ0v) is 10.8. The van der Waals surface area contributed by atoms with E-state index >= 15 is 0 Å². The van der Waals surface area contributed by atoms with Crippen LogP contribution in [0.2, 0.25) is 0 Å². The van der Waals surface area contributed by atoms with Crippen molar-refractivity contribution in [1.82, 2.24) is 5.32 Å². The van der Waals surface area contributed by atoms with Crippen LogP contribution in [0.4, 0.5) is 0 Å². The minimum atomic E-state index is -0.408. The summed E-state index contributed by atoms with van der Waals surface area (Å²) < 4.78 is 0. The fraction of sp³-hybridized carbons (Fsp3) is 0.385. The van der Waals surface area contributed by atoms with Crippen molar-refractivity contribution in [2.24, 2.45) is 5.73 Å². The number of nitrogens with two attached hydrogens (primary N) is 1. The van der Waals surface area contributed by atoms with Gasteiger partial charge in [-0.05, 0) is 31.2 Å². The Morgan fingerprint density at radius 2 is 2.11 bits per heavy atom. The van der Waals surface area contributed by atoms with E-state index in [9.17, 15) is 14.7 Å². The first-order valence-electron chi connectivity index (χ1n) is 5.95. The Morgan fingerprint density at radius 3 is 2.67 bits per heavy atom. The lowest BCUT2D eigenvalue weighted by Gasteiger charge is -2.06. The first kappa shape index (κ1) is 16.1. The van der Waals surface area contributed by atoms with E-state index in [0.717, 1.165) is 0 Å². The van der Waals surface area contributed by atoms with Crippen molar-refractivity contribution < 1.29 is 14.7 Å². The van der Waals surface area contributed by atoms with Gasteiger partial charge >= 0.3 is 0 Å². The molecule has 1 aromatic carbocycles. The maximum atomic E-state index is 11.6. The summed E-state index contributed by atoms with van der Waals surface area (Å²) in [5.74, 6) is -0.550. The van der Waals surface area contributed by atoms with Crippen molar-refractivity contribution in [3.8, 4) is 5.75 Å². The highest BCUT2D eigenvalue weighted by molar-refractivity contribution is 5.98. The molecular formula is C13H20N2O3. The molecule has 0 saturated heterocycles. The van der Waals surface area contributed by atoms with E-state index in [1.807, 2.05) is 13.8 Å². The van der Waals surface area contributed by atoms with Gasteiger partial charge in [-0.2, -0.15) is 0 Å². The Bertz CT molecular complexity index is 392. The van der Waals surface area contributed by atoms with Crippen LogP contribution >= 0.6 is 0 Å². The summed E-state index contributed by atoms with van der Waals surface area (Å²) in [6.07, 6.45) is 1.29. The topological polar surface area (TPSA) is 92.4 Å². The maximum Gasteiger partial charge on any atom is 0.255 e. The van der Waals surface area contributed by atoms with Crippen LogP contribution in [0.25, 0.3) is 0 Å². The summed E-state index contributed by atoms with van der Waals surface area (Å²) in [6, 6.07) is 4.11. The molecule has 1 aromatic rings. The second-order valence-electron chi connectivity index (χ2n) is 3.29. The lowest BCUT2D eigenvalue weighted by atomic mass is 10.1. The van der Waals surface area contributed by atoms with E-state index in [1.165, 1.54) is 18.2 Å².